The van der Waals surface area contributed by atoms with Crippen LogP contribution in [0.15, 0.2) is 12.5 Å². The summed E-state index contributed by atoms with van der Waals surface area (Å²) in [7, 11) is 1.28. The van der Waals surface area contributed by atoms with Crippen LogP contribution in [0, 0.1) is 11.8 Å². The van der Waals surface area contributed by atoms with Crippen LogP contribution in [0.2, 0.25) is 0 Å². The van der Waals surface area contributed by atoms with Crippen LogP contribution in [-0.4, -0.2) is 76.4 Å². The van der Waals surface area contributed by atoms with Crippen molar-refractivity contribution >= 4 is 23.7 Å². The molecule has 3 amide bonds. The number of H-pyrrole nitrogens is 1. The predicted molar refractivity (Wildman–Crippen MR) is 130 cm³/mol. The summed E-state index contributed by atoms with van der Waals surface area (Å²) in [5.41, 5.74) is 6.76. The Morgan fingerprint density at radius 3 is 2.46 bits per heavy atom. The van der Waals surface area contributed by atoms with Gasteiger partial charge in [-0.2, -0.15) is 0 Å². The Morgan fingerprint density at radius 2 is 1.89 bits per heavy atom. The van der Waals surface area contributed by atoms with Crippen LogP contribution in [0.3, 0.4) is 0 Å². The number of nitrogens with one attached hydrogen (secondary N) is 3. The van der Waals surface area contributed by atoms with E-state index in [9.17, 15) is 19.2 Å². The maximum Gasteiger partial charge on any atom is 0.328 e. The van der Waals surface area contributed by atoms with Gasteiger partial charge < -0.3 is 31.0 Å². The lowest BCUT2D eigenvalue weighted by Crippen LogP contribution is -2.58. The maximum atomic E-state index is 13.6. The first-order chi connectivity index (χ1) is 16.6. The normalized spacial score (nSPS) is 19.8. The standard InChI is InChI=1S/C24H40N6O5/c1-6-14(3)19(25)22(32)28-17(11-16-12-26-13-27-16)23(33)30-10-8-9-18(30)21(31)29-20(15(4)7-2)24(34)35-5/h12-15,17-20H,6-11,25H2,1-5H3,(H,26,27)(H,28,32)(H,29,31)/t14-,15-,17-,18-,19-,20-/m0/s1. The predicted octanol–water partition coefficient (Wildman–Crippen LogP) is 0.505. The molecule has 6 atom stereocenters. The number of hydrogen-bond donors (Lipinski definition) is 4. The lowest BCUT2D eigenvalue weighted by molar-refractivity contribution is -0.148. The van der Waals surface area contributed by atoms with E-state index in [2.05, 4.69) is 20.6 Å². The molecule has 0 unspecified atom stereocenters. The molecule has 1 aliphatic rings. The summed E-state index contributed by atoms with van der Waals surface area (Å²) < 4.78 is 4.86. The fourth-order valence-electron chi connectivity index (χ4n) is 4.15. The van der Waals surface area contributed by atoms with Crippen LogP contribution in [0.4, 0.5) is 0 Å². The quantitative estimate of drug-likeness (QED) is 0.309. The number of aromatic nitrogens is 2. The van der Waals surface area contributed by atoms with Crippen molar-refractivity contribution in [3.05, 3.63) is 18.2 Å². The highest BCUT2D eigenvalue weighted by Crippen LogP contribution is 2.21. The molecule has 0 bridgehead atoms. The van der Waals surface area contributed by atoms with Crippen LogP contribution in [-0.2, 0) is 30.3 Å². The van der Waals surface area contributed by atoms with Crippen molar-refractivity contribution in [3.63, 3.8) is 0 Å². The van der Waals surface area contributed by atoms with E-state index in [-0.39, 0.29) is 24.2 Å². The summed E-state index contributed by atoms with van der Waals surface area (Å²) in [6, 6.07) is -3.23. The second kappa shape index (κ2) is 13.2. The summed E-state index contributed by atoms with van der Waals surface area (Å²) in [6.45, 7) is 7.97. The number of likely N-dealkylation sites (tertiary alicyclic amines) is 1. The van der Waals surface area contributed by atoms with Gasteiger partial charge in [-0.05, 0) is 24.7 Å². The molecule has 11 nitrogen and oxygen atoms in total. The third kappa shape index (κ3) is 7.27. The first-order valence-corrected chi connectivity index (χ1v) is 12.4. The SMILES string of the molecule is CC[C@H](C)[C@H](N)C(=O)N[C@@H](Cc1cnc[nH]1)C(=O)N1CCC[C@H]1C(=O)N[C@H](C(=O)OC)[C@@H](C)CC. The molecule has 0 spiro atoms. The van der Waals surface area contributed by atoms with Crippen molar-refractivity contribution < 1.29 is 23.9 Å². The summed E-state index contributed by atoms with van der Waals surface area (Å²) >= 11 is 0. The first kappa shape index (κ1) is 28.3. The summed E-state index contributed by atoms with van der Waals surface area (Å²) in [5, 5.41) is 5.57. The Kier molecular flexibility index (Phi) is 10.7. The Balaban J connectivity index is 2.21. The van der Waals surface area contributed by atoms with Crippen LogP contribution in [0.1, 0.15) is 59.1 Å². The number of hydrogen-bond acceptors (Lipinski definition) is 7. The molecule has 1 aromatic rings. The maximum absolute atomic E-state index is 13.6. The van der Waals surface area contributed by atoms with Crippen LogP contribution < -0.4 is 16.4 Å². The molecule has 0 saturated carbocycles. The number of nitrogens with zero attached hydrogens (tertiary/aromatic N) is 2. The molecule has 35 heavy (non-hydrogen) atoms. The van der Waals surface area contributed by atoms with Crippen molar-refractivity contribution in [2.45, 2.75) is 84.0 Å². The Hall–Kier alpha value is -2.95. The third-order valence-corrected chi connectivity index (χ3v) is 6.96. The number of rotatable bonds is 12. The summed E-state index contributed by atoms with van der Waals surface area (Å²) in [5.74, 6) is -1.91. The average molecular weight is 493 g/mol. The zero-order valence-electron chi connectivity index (χ0n) is 21.4. The van der Waals surface area contributed by atoms with E-state index in [4.69, 9.17) is 10.5 Å². The minimum Gasteiger partial charge on any atom is -0.467 e. The lowest BCUT2D eigenvalue weighted by Gasteiger charge is -2.31. The highest BCUT2D eigenvalue weighted by molar-refractivity contribution is 5.94. The molecule has 0 aliphatic carbocycles. The van der Waals surface area contributed by atoms with Gasteiger partial charge in [-0.15, -0.1) is 0 Å². The highest BCUT2D eigenvalue weighted by Gasteiger charge is 2.40. The summed E-state index contributed by atoms with van der Waals surface area (Å²) in [4.78, 5) is 60.3. The molecule has 1 aromatic heterocycles. The average Bonchev–Trinajstić information content (AvgIpc) is 3.56. The number of nitrogens with two attached hydrogens (primary N) is 1. The molecule has 2 rings (SSSR count). The molecule has 5 N–H and O–H groups in total. The smallest absolute Gasteiger partial charge is 0.328 e. The molecule has 0 radical (unpaired) electrons. The van der Waals surface area contributed by atoms with Gasteiger partial charge in [0.2, 0.25) is 17.7 Å². The van der Waals surface area contributed by atoms with Crippen LogP contribution >= 0.6 is 0 Å². The van der Waals surface area contributed by atoms with Gasteiger partial charge >= 0.3 is 5.97 Å². The molecule has 2 heterocycles. The fraction of sp³-hybridized carbons (Fsp3) is 0.708. The fourth-order valence-corrected chi connectivity index (χ4v) is 4.15. The number of ether oxygens (including phenoxy) is 1. The van der Waals surface area contributed by atoms with Gasteiger partial charge in [0, 0.05) is 24.9 Å². The molecule has 196 valence electrons. The molecule has 0 aromatic carbocycles. The Bertz CT molecular complexity index is 861. The van der Waals surface area contributed by atoms with Gasteiger partial charge in [0.15, 0.2) is 0 Å². The van der Waals surface area contributed by atoms with Crippen molar-refractivity contribution in [2.75, 3.05) is 13.7 Å². The number of carbonyl (C=O) groups excluding carboxylic acids is 4. The number of aromatic amines is 1. The second-order valence-electron chi connectivity index (χ2n) is 9.34. The minimum absolute atomic E-state index is 0.0565. The number of methoxy groups -OCH3 is 1. The monoisotopic (exact) mass is 492 g/mol. The molecule has 11 heteroatoms. The Morgan fingerprint density at radius 1 is 1.20 bits per heavy atom. The van der Waals surface area contributed by atoms with Gasteiger partial charge in [-0.3, -0.25) is 14.4 Å². The number of imidazole rings is 1. The van der Waals surface area contributed by atoms with Gasteiger partial charge in [-0.25, -0.2) is 9.78 Å². The Labute approximate surface area is 206 Å². The molecule has 1 aliphatic heterocycles. The zero-order chi connectivity index (χ0) is 26.1. The molecular weight excluding hydrogens is 452 g/mol. The van der Waals surface area contributed by atoms with E-state index >= 15 is 0 Å². The third-order valence-electron chi connectivity index (χ3n) is 6.96. The molecule has 1 saturated heterocycles. The van der Waals surface area contributed by atoms with Gasteiger partial charge in [-0.1, -0.05) is 40.5 Å². The van der Waals surface area contributed by atoms with E-state index in [0.717, 1.165) is 6.42 Å². The van der Waals surface area contributed by atoms with E-state index in [1.807, 2.05) is 27.7 Å². The van der Waals surface area contributed by atoms with Gasteiger partial charge in [0.25, 0.3) is 0 Å². The van der Waals surface area contributed by atoms with Crippen molar-refractivity contribution in [2.24, 2.45) is 17.6 Å². The number of esters is 1. The molecular formula is C24H40N6O5. The van der Waals surface area contributed by atoms with E-state index < -0.39 is 42.0 Å². The van der Waals surface area contributed by atoms with Gasteiger partial charge in [0.1, 0.15) is 18.1 Å². The van der Waals surface area contributed by atoms with Crippen LogP contribution in [0.25, 0.3) is 0 Å². The van der Waals surface area contributed by atoms with E-state index in [1.54, 1.807) is 6.20 Å². The van der Waals surface area contributed by atoms with E-state index in [1.165, 1.54) is 18.3 Å². The molecule has 1 fully saturated rings. The van der Waals surface area contributed by atoms with Crippen molar-refractivity contribution in [1.82, 2.24) is 25.5 Å². The van der Waals surface area contributed by atoms with Gasteiger partial charge in [0.05, 0.1) is 19.5 Å². The topological polar surface area (TPSA) is 160 Å². The van der Waals surface area contributed by atoms with Crippen molar-refractivity contribution in [1.29, 1.82) is 0 Å². The number of amides is 3. The van der Waals surface area contributed by atoms with Crippen molar-refractivity contribution in [3.8, 4) is 0 Å². The highest BCUT2D eigenvalue weighted by atomic mass is 16.5. The van der Waals surface area contributed by atoms with E-state index in [0.29, 0.717) is 31.5 Å². The van der Waals surface area contributed by atoms with Crippen LogP contribution in [0.5, 0.6) is 0 Å². The second-order valence-corrected chi connectivity index (χ2v) is 9.34. The zero-order valence-corrected chi connectivity index (χ0v) is 21.4. The number of carbonyl (C=O) groups is 4. The minimum atomic E-state index is -0.919. The lowest BCUT2D eigenvalue weighted by atomic mass is 9.98. The summed E-state index contributed by atoms with van der Waals surface area (Å²) in [6.07, 6.45) is 5.75. The largest absolute Gasteiger partial charge is 0.467 e. The first-order valence-electron chi connectivity index (χ1n) is 12.4.